The number of nitrogens with one attached hydrogen (secondary N) is 1. The summed E-state index contributed by atoms with van der Waals surface area (Å²) < 4.78 is 0. The van der Waals surface area contributed by atoms with Gasteiger partial charge >= 0.3 is 0 Å². The summed E-state index contributed by atoms with van der Waals surface area (Å²) in [6.07, 6.45) is -0.575. The number of hydrogen-bond donors (Lipinski definition) is 1. The maximum atomic E-state index is 13.5. The van der Waals surface area contributed by atoms with E-state index >= 15 is 0 Å². The first-order valence-corrected chi connectivity index (χ1v) is 9.54. The van der Waals surface area contributed by atoms with Crippen LogP contribution in [0.5, 0.6) is 0 Å². The molecule has 1 atom stereocenters. The van der Waals surface area contributed by atoms with Crippen LogP contribution in [-0.2, 0) is 0 Å². The number of anilines is 2. The Morgan fingerprint density at radius 3 is 2.43 bits per heavy atom. The number of para-hydroxylation sites is 1. The molecule has 1 N–H and O–H groups in total. The molecule has 0 spiro atoms. The van der Waals surface area contributed by atoms with Crippen LogP contribution in [0.4, 0.5) is 17.1 Å². The molecule has 5 rings (SSSR count). The molecular formula is C24H17N3O3. The Hall–Kier alpha value is -4.19. The van der Waals surface area contributed by atoms with Crippen LogP contribution in [0.2, 0.25) is 0 Å². The van der Waals surface area contributed by atoms with Gasteiger partial charge in [-0.3, -0.25) is 19.8 Å². The summed E-state index contributed by atoms with van der Waals surface area (Å²) in [5.41, 5.74) is 2.61. The molecule has 4 aromatic rings. The van der Waals surface area contributed by atoms with Crippen molar-refractivity contribution in [3.63, 3.8) is 0 Å². The molecule has 1 heterocycles. The number of carbonyl (C=O) groups excluding carboxylic acids is 1. The number of nitro groups is 1. The van der Waals surface area contributed by atoms with Gasteiger partial charge in [0.25, 0.3) is 11.6 Å². The van der Waals surface area contributed by atoms with E-state index in [0.29, 0.717) is 16.8 Å². The lowest BCUT2D eigenvalue weighted by atomic mass is 10.0. The van der Waals surface area contributed by atoms with Crippen molar-refractivity contribution >= 4 is 33.7 Å². The quantitative estimate of drug-likeness (QED) is 0.366. The van der Waals surface area contributed by atoms with Crippen molar-refractivity contribution in [2.24, 2.45) is 0 Å². The van der Waals surface area contributed by atoms with Crippen LogP contribution in [0.3, 0.4) is 0 Å². The fourth-order valence-corrected chi connectivity index (χ4v) is 3.89. The van der Waals surface area contributed by atoms with E-state index < -0.39 is 11.1 Å². The third-order valence-corrected chi connectivity index (χ3v) is 5.33. The van der Waals surface area contributed by atoms with Crippen LogP contribution in [0.15, 0.2) is 91.0 Å². The minimum Gasteiger partial charge on any atom is -0.360 e. The first-order valence-electron chi connectivity index (χ1n) is 9.54. The third-order valence-electron chi connectivity index (χ3n) is 5.33. The minimum atomic E-state index is -0.575. The molecule has 30 heavy (non-hydrogen) atoms. The molecule has 0 saturated carbocycles. The van der Waals surface area contributed by atoms with Crippen molar-refractivity contribution in [2.45, 2.75) is 6.17 Å². The number of benzene rings is 4. The Morgan fingerprint density at radius 2 is 1.60 bits per heavy atom. The number of non-ortho nitro benzene ring substituents is 1. The zero-order valence-electron chi connectivity index (χ0n) is 15.9. The second-order valence-corrected chi connectivity index (χ2v) is 7.15. The number of nitrogens with zero attached hydrogens (tertiary/aromatic N) is 2. The highest BCUT2D eigenvalue weighted by Gasteiger charge is 2.34. The SMILES string of the molecule is O=C1c2ccccc2N[C@H](c2cccc([N+](=O)[O-])c2)N1c1ccc2ccccc2c1. The average Bonchev–Trinajstić information content (AvgIpc) is 2.79. The van der Waals surface area contributed by atoms with E-state index in [9.17, 15) is 14.9 Å². The van der Waals surface area contributed by atoms with Gasteiger partial charge in [-0.2, -0.15) is 0 Å². The highest BCUT2D eigenvalue weighted by molar-refractivity contribution is 6.12. The fraction of sp³-hybridized carbons (Fsp3) is 0.0417. The van der Waals surface area contributed by atoms with Gasteiger partial charge in [0, 0.05) is 29.1 Å². The van der Waals surface area contributed by atoms with Crippen LogP contribution in [0, 0.1) is 10.1 Å². The molecule has 6 heteroatoms. The normalized spacial score (nSPS) is 15.5. The van der Waals surface area contributed by atoms with Gasteiger partial charge in [-0.15, -0.1) is 0 Å². The van der Waals surface area contributed by atoms with Crippen molar-refractivity contribution in [1.82, 2.24) is 0 Å². The van der Waals surface area contributed by atoms with Crippen molar-refractivity contribution in [3.8, 4) is 0 Å². The molecule has 0 unspecified atom stereocenters. The summed E-state index contributed by atoms with van der Waals surface area (Å²) in [6.45, 7) is 0. The van der Waals surface area contributed by atoms with Crippen LogP contribution in [-0.4, -0.2) is 10.8 Å². The predicted octanol–water partition coefficient (Wildman–Crippen LogP) is 5.52. The van der Waals surface area contributed by atoms with E-state index in [1.54, 1.807) is 23.1 Å². The lowest BCUT2D eigenvalue weighted by Crippen LogP contribution is -2.43. The molecule has 0 radical (unpaired) electrons. The van der Waals surface area contributed by atoms with E-state index in [0.717, 1.165) is 16.5 Å². The molecule has 0 bridgehead atoms. The molecule has 0 aromatic heterocycles. The third kappa shape index (κ3) is 2.95. The topological polar surface area (TPSA) is 75.5 Å². The molecule has 1 amide bonds. The van der Waals surface area contributed by atoms with E-state index in [2.05, 4.69) is 5.32 Å². The number of amides is 1. The molecule has 6 nitrogen and oxygen atoms in total. The first kappa shape index (κ1) is 17.9. The molecular weight excluding hydrogens is 378 g/mol. The van der Waals surface area contributed by atoms with Crippen molar-refractivity contribution in [3.05, 3.63) is 112 Å². The van der Waals surface area contributed by atoms with Gasteiger partial charge in [0.1, 0.15) is 6.17 Å². The lowest BCUT2D eigenvalue weighted by Gasteiger charge is -2.38. The Balaban J connectivity index is 1.68. The van der Waals surface area contributed by atoms with Crippen molar-refractivity contribution < 1.29 is 9.72 Å². The average molecular weight is 395 g/mol. The maximum Gasteiger partial charge on any atom is 0.269 e. The summed E-state index contributed by atoms with van der Waals surface area (Å²) in [4.78, 5) is 26.0. The maximum absolute atomic E-state index is 13.5. The zero-order chi connectivity index (χ0) is 20.7. The molecule has 4 aromatic carbocycles. The van der Waals surface area contributed by atoms with Crippen LogP contribution in [0.25, 0.3) is 10.8 Å². The standard InChI is InChI=1S/C24H17N3O3/c28-24-21-10-3-4-11-22(21)25-23(18-8-5-9-20(15-18)27(29)30)26(24)19-13-12-16-6-1-2-7-17(16)14-19/h1-15,23,25H/t23-/m0/s1. The van der Waals surface area contributed by atoms with Crippen LogP contribution < -0.4 is 10.2 Å². The Morgan fingerprint density at radius 1 is 0.833 bits per heavy atom. The summed E-state index contributed by atoms with van der Waals surface area (Å²) >= 11 is 0. The molecule has 0 saturated heterocycles. The smallest absolute Gasteiger partial charge is 0.269 e. The predicted molar refractivity (Wildman–Crippen MR) is 117 cm³/mol. The zero-order valence-corrected chi connectivity index (χ0v) is 15.9. The fourth-order valence-electron chi connectivity index (χ4n) is 3.89. The van der Waals surface area contributed by atoms with Crippen LogP contribution in [0.1, 0.15) is 22.1 Å². The number of fused-ring (bicyclic) bond motifs is 2. The highest BCUT2D eigenvalue weighted by Crippen LogP contribution is 2.38. The molecule has 1 aliphatic heterocycles. The van der Waals surface area contributed by atoms with E-state index in [1.165, 1.54) is 12.1 Å². The monoisotopic (exact) mass is 395 g/mol. The molecule has 0 fully saturated rings. The Kier molecular flexibility index (Phi) is 4.17. The second-order valence-electron chi connectivity index (χ2n) is 7.15. The van der Waals surface area contributed by atoms with E-state index in [4.69, 9.17) is 0 Å². The van der Waals surface area contributed by atoms with Gasteiger partial charge in [0.15, 0.2) is 0 Å². The lowest BCUT2D eigenvalue weighted by molar-refractivity contribution is -0.384. The Labute approximate surface area is 172 Å². The number of rotatable bonds is 3. The van der Waals surface area contributed by atoms with E-state index in [-0.39, 0.29) is 11.6 Å². The van der Waals surface area contributed by atoms with Gasteiger partial charge in [-0.1, -0.05) is 54.6 Å². The summed E-state index contributed by atoms with van der Waals surface area (Å²) in [7, 11) is 0. The number of hydrogen-bond acceptors (Lipinski definition) is 4. The second kappa shape index (κ2) is 7.00. The summed E-state index contributed by atoms with van der Waals surface area (Å²) in [5, 5.41) is 16.8. The van der Waals surface area contributed by atoms with Gasteiger partial charge in [0.2, 0.25) is 0 Å². The van der Waals surface area contributed by atoms with Gasteiger partial charge < -0.3 is 5.32 Å². The highest BCUT2D eigenvalue weighted by atomic mass is 16.6. The molecule has 146 valence electrons. The molecule has 1 aliphatic rings. The minimum absolute atomic E-state index is 0.0148. The first-order chi connectivity index (χ1) is 14.6. The van der Waals surface area contributed by atoms with Crippen LogP contribution >= 0.6 is 0 Å². The van der Waals surface area contributed by atoms with E-state index in [1.807, 2.05) is 60.7 Å². The largest absolute Gasteiger partial charge is 0.360 e. The summed E-state index contributed by atoms with van der Waals surface area (Å²) in [5.74, 6) is -0.156. The van der Waals surface area contributed by atoms with Gasteiger partial charge in [-0.25, -0.2) is 0 Å². The summed E-state index contributed by atoms with van der Waals surface area (Å²) in [6, 6.07) is 27.5. The number of nitro benzene ring substituents is 1. The van der Waals surface area contributed by atoms with Crippen molar-refractivity contribution in [1.29, 1.82) is 0 Å². The Bertz CT molecular complexity index is 1300. The number of carbonyl (C=O) groups is 1. The van der Waals surface area contributed by atoms with Gasteiger partial charge in [0.05, 0.1) is 10.5 Å². The molecule has 0 aliphatic carbocycles. The van der Waals surface area contributed by atoms with Gasteiger partial charge in [-0.05, 0) is 35.0 Å². The van der Waals surface area contributed by atoms with Crippen molar-refractivity contribution in [2.75, 3.05) is 10.2 Å².